The van der Waals surface area contributed by atoms with Crippen LogP contribution in [0.4, 0.5) is 0 Å². The number of likely N-dealkylation sites (tertiary alicyclic amines) is 1. The lowest BCUT2D eigenvalue weighted by atomic mass is 9.93. The van der Waals surface area contributed by atoms with E-state index in [-0.39, 0.29) is 5.91 Å². The first-order valence-electron chi connectivity index (χ1n) is 6.84. The van der Waals surface area contributed by atoms with Crippen LogP contribution in [0.5, 0.6) is 0 Å². The van der Waals surface area contributed by atoms with Crippen molar-refractivity contribution in [3.05, 3.63) is 0 Å². The van der Waals surface area contributed by atoms with Crippen molar-refractivity contribution < 1.29 is 4.79 Å². The summed E-state index contributed by atoms with van der Waals surface area (Å²) in [5.41, 5.74) is 0. The Morgan fingerprint density at radius 3 is 2.94 bits per heavy atom. The van der Waals surface area contributed by atoms with Crippen LogP contribution in [0.15, 0.2) is 0 Å². The predicted octanol–water partition coefficient (Wildman–Crippen LogP) is 0.442. The van der Waals surface area contributed by atoms with Crippen molar-refractivity contribution in [2.24, 2.45) is 11.8 Å². The summed E-state index contributed by atoms with van der Waals surface area (Å²) in [7, 11) is 2.15. The largest absolute Gasteiger partial charge is 0.353 e. The maximum atomic E-state index is 11.9. The second-order valence-corrected chi connectivity index (χ2v) is 5.77. The fourth-order valence-corrected chi connectivity index (χ4v) is 2.99. The van der Waals surface area contributed by atoms with Gasteiger partial charge in [-0.05, 0) is 51.4 Å². The number of nitrogens with zero attached hydrogens (tertiary/aromatic N) is 1. The van der Waals surface area contributed by atoms with E-state index in [1.54, 1.807) is 0 Å². The van der Waals surface area contributed by atoms with E-state index >= 15 is 0 Å². The highest BCUT2D eigenvalue weighted by molar-refractivity contribution is 5.76. The number of hydrogen-bond donors (Lipinski definition) is 2. The zero-order valence-corrected chi connectivity index (χ0v) is 11.0. The van der Waals surface area contributed by atoms with Crippen LogP contribution in [0.1, 0.15) is 26.2 Å². The number of hydrogen-bond acceptors (Lipinski definition) is 3. The van der Waals surface area contributed by atoms with Crippen LogP contribution < -0.4 is 10.6 Å². The molecule has 0 aromatic carbocycles. The molecule has 0 saturated carbocycles. The minimum Gasteiger partial charge on any atom is -0.353 e. The normalized spacial score (nSPS) is 34.8. The summed E-state index contributed by atoms with van der Waals surface area (Å²) in [6.07, 6.45) is 2.94. The van der Waals surface area contributed by atoms with Gasteiger partial charge in [0.1, 0.15) is 0 Å². The number of nitrogens with one attached hydrogen (secondary N) is 2. The average molecular weight is 239 g/mol. The molecule has 0 aliphatic carbocycles. The summed E-state index contributed by atoms with van der Waals surface area (Å²) in [4.78, 5) is 14.3. The smallest absolute Gasteiger partial charge is 0.220 e. The predicted molar refractivity (Wildman–Crippen MR) is 68.8 cm³/mol. The van der Waals surface area contributed by atoms with Gasteiger partial charge in [0.25, 0.3) is 0 Å². The zero-order chi connectivity index (χ0) is 12.3. The highest BCUT2D eigenvalue weighted by Crippen LogP contribution is 2.17. The van der Waals surface area contributed by atoms with E-state index in [2.05, 4.69) is 29.5 Å². The van der Waals surface area contributed by atoms with E-state index in [9.17, 15) is 4.79 Å². The molecule has 2 N–H and O–H groups in total. The lowest BCUT2D eigenvalue weighted by Gasteiger charge is -2.35. The number of rotatable bonds is 3. The molecule has 2 saturated heterocycles. The van der Waals surface area contributed by atoms with Gasteiger partial charge in [-0.25, -0.2) is 0 Å². The summed E-state index contributed by atoms with van der Waals surface area (Å²) in [5, 5.41) is 6.53. The topological polar surface area (TPSA) is 44.4 Å². The first-order chi connectivity index (χ1) is 8.15. The minimum atomic E-state index is 0.250. The second-order valence-electron chi connectivity index (χ2n) is 5.77. The van der Waals surface area contributed by atoms with Crippen LogP contribution in [-0.2, 0) is 4.79 Å². The zero-order valence-electron chi connectivity index (χ0n) is 11.0. The van der Waals surface area contributed by atoms with E-state index in [1.165, 1.54) is 0 Å². The van der Waals surface area contributed by atoms with Crippen LogP contribution in [-0.4, -0.2) is 50.1 Å². The molecule has 2 heterocycles. The maximum Gasteiger partial charge on any atom is 0.220 e. The number of carbonyl (C=O) groups is 1. The molecule has 98 valence electrons. The van der Waals surface area contributed by atoms with E-state index in [1.807, 2.05) is 0 Å². The molecular weight excluding hydrogens is 214 g/mol. The van der Waals surface area contributed by atoms with Crippen LogP contribution >= 0.6 is 0 Å². The van der Waals surface area contributed by atoms with E-state index < -0.39 is 0 Å². The molecule has 0 aromatic rings. The molecule has 0 spiro atoms. The minimum absolute atomic E-state index is 0.250. The molecule has 4 heteroatoms. The standard InChI is InChI=1S/C13H25N3O/c1-10-9-16(2)6-4-12(10)15-13(17)7-11-3-5-14-8-11/h10-12,14H,3-9H2,1-2H3,(H,15,17). The Kier molecular flexibility index (Phi) is 4.40. The number of amides is 1. The molecule has 0 bridgehead atoms. The Labute approximate surface area is 104 Å². The van der Waals surface area contributed by atoms with Crippen molar-refractivity contribution in [2.45, 2.75) is 32.2 Å². The van der Waals surface area contributed by atoms with E-state index in [0.717, 1.165) is 39.0 Å². The summed E-state index contributed by atoms with van der Waals surface area (Å²) in [6.45, 7) is 6.51. The summed E-state index contributed by atoms with van der Waals surface area (Å²) < 4.78 is 0. The third-order valence-electron chi connectivity index (χ3n) is 4.09. The molecular formula is C13H25N3O. The van der Waals surface area contributed by atoms with Gasteiger partial charge in [-0.2, -0.15) is 0 Å². The highest BCUT2D eigenvalue weighted by Gasteiger charge is 2.26. The third kappa shape index (κ3) is 3.68. The van der Waals surface area contributed by atoms with Crippen molar-refractivity contribution in [3.8, 4) is 0 Å². The van der Waals surface area contributed by atoms with Gasteiger partial charge in [0, 0.05) is 19.0 Å². The molecule has 1 amide bonds. The third-order valence-corrected chi connectivity index (χ3v) is 4.09. The highest BCUT2D eigenvalue weighted by atomic mass is 16.1. The number of piperidine rings is 1. The summed E-state index contributed by atoms with van der Waals surface area (Å²) >= 11 is 0. The van der Waals surface area contributed by atoms with Crippen molar-refractivity contribution in [3.63, 3.8) is 0 Å². The molecule has 4 nitrogen and oxygen atoms in total. The van der Waals surface area contributed by atoms with Gasteiger partial charge in [-0.1, -0.05) is 6.92 Å². The van der Waals surface area contributed by atoms with Crippen LogP contribution in [0, 0.1) is 11.8 Å². The fraction of sp³-hybridized carbons (Fsp3) is 0.923. The SMILES string of the molecule is CC1CN(C)CCC1NC(=O)CC1CCNC1. The Bertz CT molecular complexity index is 263. The molecule has 3 unspecified atom stereocenters. The summed E-state index contributed by atoms with van der Waals surface area (Å²) in [6, 6.07) is 0.382. The average Bonchev–Trinajstić information content (AvgIpc) is 2.75. The first-order valence-corrected chi connectivity index (χ1v) is 6.84. The van der Waals surface area contributed by atoms with Crippen molar-refractivity contribution >= 4 is 5.91 Å². The number of carbonyl (C=O) groups excluding carboxylic acids is 1. The fourth-order valence-electron chi connectivity index (χ4n) is 2.99. The quantitative estimate of drug-likeness (QED) is 0.751. The van der Waals surface area contributed by atoms with Gasteiger partial charge < -0.3 is 15.5 Å². The molecule has 2 fully saturated rings. The van der Waals surface area contributed by atoms with Gasteiger partial charge >= 0.3 is 0 Å². The molecule has 2 rings (SSSR count). The molecule has 3 atom stereocenters. The molecule has 2 aliphatic heterocycles. The van der Waals surface area contributed by atoms with Gasteiger partial charge in [-0.15, -0.1) is 0 Å². The molecule has 17 heavy (non-hydrogen) atoms. The molecule has 2 aliphatic rings. The van der Waals surface area contributed by atoms with E-state index in [0.29, 0.717) is 24.3 Å². The van der Waals surface area contributed by atoms with Gasteiger partial charge in [0.05, 0.1) is 0 Å². The molecule has 0 aromatic heterocycles. The van der Waals surface area contributed by atoms with Crippen LogP contribution in [0.3, 0.4) is 0 Å². The first kappa shape index (κ1) is 12.8. The van der Waals surface area contributed by atoms with Gasteiger partial charge in [0.2, 0.25) is 5.91 Å². The lowest BCUT2D eigenvalue weighted by molar-refractivity contribution is -0.123. The summed E-state index contributed by atoms with van der Waals surface area (Å²) in [5.74, 6) is 1.37. The van der Waals surface area contributed by atoms with Crippen LogP contribution in [0.2, 0.25) is 0 Å². The Morgan fingerprint density at radius 2 is 2.29 bits per heavy atom. The van der Waals surface area contributed by atoms with Crippen molar-refractivity contribution in [2.75, 3.05) is 33.2 Å². The van der Waals surface area contributed by atoms with Gasteiger partial charge in [0.15, 0.2) is 0 Å². The maximum absolute atomic E-state index is 11.9. The van der Waals surface area contributed by atoms with Crippen molar-refractivity contribution in [1.82, 2.24) is 15.5 Å². The van der Waals surface area contributed by atoms with E-state index in [4.69, 9.17) is 0 Å². The monoisotopic (exact) mass is 239 g/mol. The Hall–Kier alpha value is -0.610. The lowest BCUT2D eigenvalue weighted by Crippen LogP contribution is -2.49. The Balaban J connectivity index is 1.73. The van der Waals surface area contributed by atoms with Crippen LogP contribution in [0.25, 0.3) is 0 Å². The van der Waals surface area contributed by atoms with Gasteiger partial charge in [-0.3, -0.25) is 4.79 Å². The Morgan fingerprint density at radius 1 is 1.47 bits per heavy atom. The van der Waals surface area contributed by atoms with Crippen molar-refractivity contribution in [1.29, 1.82) is 0 Å². The second kappa shape index (κ2) is 5.83. The molecule has 0 radical (unpaired) electrons.